The molecule has 1 aliphatic carbocycles. The first-order valence-corrected chi connectivity index (χ1v) is 14.7. The minimum absolute atomic E-state index is 0.00821. The van der Waals surface area contributed by atoms with E-state index in [2.05, 4.69) is 17.1 Å². The zero-order valence-corrected chi connectivity index (χ0v) is 24.2. The molecule has 1 amide bonds. The lowest BCUT2D eigenvalue weighted by Gasteiger charge is -2.38. The van der Waals surface area contributed by atoms with Gasteiger partial charge in [0, 0.05) is 18.2 Å². The van der Waals surface area contributed by atoms with Gasteiger partial charge in [-0.15, -0.1) is 5.10 Å². The standard InChI is InChI=1S/C31H43F2N3O4/c1-5-6-12-26-25(21-13-15-23(16-14-21)38-22-10-8-7-9-11-22)19-28(35-34-26)39-27-20-36(18-17-24(27)29(32)33)30(37)40-31(2,3)4/h13-16,19,22,24,27,29H,5-12,17-18,20H2,1-4H3/t24-,27-/m0/s1. The van der Waals surface area contributed by atoms with Gasteiger partial charge >= 0.3 is 6.09 Å². The van der Waals surface area contributed by atoms with Crippen LogP contribution in [0.15, 0.2) is 30.3 Å². The number of rotatable bonds is 9. The first-order valence-electron chi connectivity index (χ1n) is 14.7. The summed E-state index contributed by atoms with van der Waals surface area (Å²) in [5, 5.41) is 8.70. The lowest BCUT2D eigenvalue weighted by atomic mass is 9.94. The summed E-state index contributed by atoms with van der Waals surface area (Å²) in [7, 11) is 0. The van der Waals surface area contributed by atoms with E-state index >= 15 is 0 Å². The number of unbranched alkanes of at least 4 members (excludes halogenated alkanes) is 1. The smallest absolute Gasteiger partial charge is 0.410 e. The SMILES string of the molecule is CCCCc1nnc(O[C@H]2CN(C(=O)OC(C)(C)C)CC[C@@H]2C(F)F)cc1-c1ccc(OC2CCCCC2)cc1. The molecule has 0 spiro atoms. The summed E-state index contributed by atoms with van der Waals surface area (Å²) in [6, 6.07) is 9.73. The molecule has 1 aliphatic heterocycles. The molecule has 4 rings (SSSR count). The van der Waals surface area contributed by atoms with Gasteiger partial charge in [-0.25, -0.2) is 13.6 Å². The first-order chi connectivity index (χ1) is 19.1. The molecule has 220 valence electrons. The van der Waals surface area contributed by atoms with Crippen molar-refractivity contribution >= 4 is 6.09 Å². The molecule has 1 aromatic heterocycles. The molecule has 1 saturated carbocycles. The summed E-state index contributed by atoms with van der Waals surface area (Å²) in [5.74, 6) is -0.0205. The van der Waals surface area contributed by atoms with E-state index in [4.69, 9.17) is 14.2 Å². The number of amides is 1. The Bertz CT molecular complexity index is 1100. The van der Waals surface area contributed by atoms with Crippen LogP contribution in [0.3, 0.4) is 0 Å². The molecule has 1 aromatic carbocycles. The van der Waals surface area contributed by atoms with Crippen molar-refractivity contribution in [3.05, 3.63) is 36.0 Å². The predicted molar refractivity (Wildman–Crippen MR) is 150 cm³/mol. The Morgan fingerprint density at radius 2 is 1.77 bits per heavy atom. The Labute approximate surface area is 236 Å². The van der Waals surface area contributed by atoms with Crippen LogP contribution in [-0.4, -0.2) is 58.5 Å². The third-order valence-electron chi connectivity index (χ3n) is 7.49. The maximum Gasteiger partial charge on any atom is 0.410 e. The highest BCUT2D eigenvalue weighted by Crippen LogP contribution is 2.32. The van der Waals surface area contributed by atoms with Crippen LogP contribution >= 0.6 is 0 Å². The molecular weight excluding hydrogens is 516 g/mol. The van der Waals surface area contributed by atoms with Crippen LogP contribution in [-0.2, 0) is 11.2 Å². The number of aromatic nitrogens is 2. The lowest BCUT2D eigenvalue weighted by Crippen LogP contribution is -2.52. The minimum atomic E-state index is -2.58. The van der Waals surface area contributed by atoms with Gasteiger partial charge in [0.25, 0.3) is 0 Å². The van der Waals surface area contributed by atoms with Gasteiger partial charge in [-0.05, 0) is 83.4 Å². The van der Waals surface area contributed by atoms with Crippen LogP contribution in [0.25, 0.3) is 11.1 Å². The van der Waals surface area contributed by atoms with Crippen LogP contribution in [0.1, 0.15) is 84.8 Å². The second-order valence-electron chi connectivity index (χ2n) is 11.9. The van der Waals surface area contributed by atoms with E-state index in [1.807, 2.05) is 24.3 Å². The van der Waals surface area contributed by atoms with E-state index in [1.165, 1.54) is 24.2 Å². The summed E-state index contributed by atoms with van der Waals surface area (Å²) in [5.41, 5.74) is 1.94. The number of hydrogen-bond donors (Lipinski definition) is 0. The number of nitrogens with zero attached hydrogens (tertiary/aromatic N) is 3. The molecule has 1 saturated heterocycles. The number of ether oxygens (including phenoxy) is 3. The molecule has 0 radical (unpaired) electrons. The Morgan fingerprint density at radius 3 is 2.42 bits per heavy atom. The van der Waals surface area contributed by atoms with Crippen LogP contribution in [0.4, 0.5) is 13.6 Å². The largest absolute Gasteiger partial charge is 0.490 e. The van der Waals surface area contributed by atoms with Crippen LogP contribution in [0, 0.1) is 5.92 Å². The number of carbonyl (C=O) groups excluding carboxylic acids is 1. The third kappa shape index (κ3) is 8.27. The molecule has 0 N–H and O–H groups in total. The van der Waals surface area contributed by atoms with Crippen molar-refractivity contribution in [1.82, 2.24) is 15.1 Å². The van der Waals surface area contributed by atoms with Gasteiger partial charge in [-0.3, -0.25) is 0 Å². The number of likely N-dealkylation sites (tertiary alicyclic amines) is 1. The number of aryl methyl sites for hydroxylation is 1. The van der Waals surface area contributed by atoms with Crippen LogP contribution in [0.5, 0.6) is 11.6 Å². The molecule has 2 atom stereocenters. The normalized spacial score (nSPS) is 20.4. The Morgan fingerprint density at radius 1 is 1.05 bits per heavy atom. The van der Waals surface area contributed by atoms with Crippen LogP contribution in [0.2, 0.25) is 0 Å². The van der Waals surface area contributed by atoms with E-state index in [9.17, 15) is 13.6 Å². The van der Waals surface area contributed by atoms with Crippen molar-refractivity contribution < 1.29 is 27.8 Å². The lowest BCUT2D eigenvalue weighted by molar-refractivity contribution is -0.0505. The molecule has 2 aromatic rings. The predicted octanol–water partition coefficient (Wildman–Crippen LogP) is 7.47. The highest BCUT2D eigenvalue weighted by atomic mass is 19.3. The molecule has 0 bridgehead atoms. The quantitative estimate of drug-likeness (QED) is 0.317. The fraction of sp³-hybridized carbons (Fsp3) is 0.645. The van der Waals surface area contributed by atoms with Gasteiger partial charge in [0.1, 0.15) is 17.5 Å². The fourth-order valence-electron chi connectivity index (χ4n) is 5.32. The first kappa shape index (κ1) is 30.0. The van der Waals surface area contributed by atoms with Gasteiger partial charge < -0.3 is 19.1 Å². The van der Waals surface area contributed by atoms with Crippen molar-refractivity contribution in [2.24, 2.45) is 5.92 Å². The van der Waals surface area contributed by atoms with E-state index in [1.54, 1.807) is 26.8 Å². The monoisotopic (exact) mass is 559 g/mol. The average molecular weight is 560 g/mol. The molecule has 2 heterocycles. The average Bonchev–Trinajstić information content (AvgIpc) is 2.92. The van der Waals surface area contributed by atoms with E-state index in [0.29, 0.717) is 0 Å². The highest BCUT2D eigenvalue weighted by molar-refractivity contribution is 5.68. The summed E-state index contributed by atoms with van der Waals surface area (Å²) in [6.45, 7) is 7.62. The molecule has 0 unspecified atom stereocenters. The number of hydrogen-bond acceptors (Lipinski definition) is 6. The molecular formula is C31H43F2N3O4. The topological polar surface area (TPSA) is 73.8 Å². The maximum atomic E-state index is 14.0. The van der Waals surface area contributed by atoms with Crippen molar-refractivity contribution in [1.29, 1.82) is 0 Å². The number of halogens is 2. The van der Waals surface area contributed by atoms with Crippen molar-refractivity contribution in [3.8, 4) is 22.8 Å². The van der Waals surface area contributed by atoms with Crippen LogP contribution < -0.4 is 9.47 Å². The Balaban J connectivity index is 1.54. The third-order valence-corrected chi connectivity index (χ3v) is 7.49. The summed E-state index contributed by atoms with van der Waals surface area (Å²) < 4.78 is 45.6. The summed E-state index contributed by atoms with van der Waals surface area (Å²) in [4.78, 5) is 14.1. The number of benzene rings is 1. The molecule has 40 heavy (non-hydrogen) atoms. The highest BCUT2D eigenvalue weighted by Gasteiger charge is 2.40. The number of carbonyl (C=O) groups is 1. The summed E-state index contributed by atoms with van der Waals surface area (Å²) in [6.07, 6.45) is 4.88. The second kappa shape index (κ2) is 13.6. The van der Waals surface area contributed by atoms with Crippen molar-refractivity contribution in [2.75, 3.05) is 13.1 Å². The molecule has 2 fully saturated rings. The fourth-order valence-corrected chi connectivity index (χ4v) is 5.32. The van der Waals surface area contributed by atoms with Crippen molar-refractivity contribution in [3.63, 3.8) is 0 Å². The maximum absolute atomic E-state index is 14.0. The minimum Gasteiger partial charge on any atom is -0.490 e. The van der Waals surface area contributed by atoms with Gasteiger partial charge in [-0.1, -0.05) is 31.9 Å². The molecule has 9 heteroatoms. The zero-order chi connectivity index (χ0) is 28.7. The molecule has 2 aliphatic rings. The Hall–Kier alpha value is -2.97. The second-order valence-corrected chi connectivity index (χ2v) is 11.9. The van der Waals surface area contributed by atoms with E-state index in [-0.39, 0.29) is 31.5 Å². The summed E-state index contributed by atoms with van der Waals surface area (Å²) >= 11 is 0. The van der Waals surface area contributed by atoms with Gasteiger partial charge in [0.05, 0.1) is 24.3 Å². The van der Waals surface area contributed by atoms with Gasteiger partial charge in [-0.2, -0.15) is 5.10 Å². The number of piperidine rings is 1. The molecule has 7 nitrogen and oxygen atoms in total. The van der Waals surface area contributed by atoms with Gasteiger partial charge in [0.15, 0.2) is 0 Å². The zero-order valence-electron chi connectivity index (χ0n) is 24.2. The van der Waals surface area contributed by atoms with E-state index < -0.39 is 30.1 Å². The van der Waals surface area contributed by atoms with E-state index in [0.717, 1.165) is 54.7 Å². The van der Waals surface area contributed by atoms with Gasteiger partial charge in [0.2, 0.25) is 12.3 Å². The number of alkyl halides is 2. The van der Waals surface area contributed by atoms with Crippen molar-refractivity contribution in [2.45, 2.75) is 110 Å². The Kier molecular flexibility index (Phi) is 10.2.